The minimum absolute atomic E-state index is 0.979. The Hall–Kier alpha value is -1.63. The highest BCUT2D eigenvalue weighted by Gasteiger charge is 2.03. The number of fused-ring (bicyclic) bond motifs is 1. The zero-order chi connectivity index (χ0) is 10.8. The molecule has 15 heavy (non-hydrogen) atoms. The molecule has 0 bridgehead atoms. The van der Waals surface area contributed by atoms with Gasteiger partial charge in [0.05, 0.1) is 5.52 Å². The lowest BCUT2D eigenvalue weighted by molar-refractivity contribution is 1.03. The van der Waals surface area contributed by atoms with Gasteiger partial charge in [-0.15, -0.1) is 0 Å². The molecule has 2 rings (SSSR count). The van der Waals surface area contributed by atoms with Crippen LogP contribution in [0.1, 0.15) is 23.7 Å². The maximum atomic E-state index is 4.69. The summed E-state index contributed by atoms with van der Waals surface area (Å²) in [7, 11) is 0. The van der Waals surface area contributed by atoms with Crippen molar-refractivity contribution in [2.24, 2.45) is 0 Å². The van der Waals surface area contributed by atoms with Gasteiger partial charge >= 0.3 is 0 Å². The minimum atomic E-state index is 0.979. The smallest absolute Gasteiger partial charge is 0.0777 e. The summed E-state index contributed by atoms with van der Waals surface area (Å²) in [5.74, 6) is 0. The van der Waals surface area contributed by atoms with Gasteiger partial charge in [0, 0.05) is 16.6 Å². The Morgan fingerprint density at radius 3 is 2.87 bits per heavy atom. The van der Waals surface area contributed by atoms with Crippen molar-refractivity contribution in [3.63, 3.8) is 0 Å². The summed E-state index contributed by atoms with van der Waals surface area (Å²) in [6.07, 6.45) is 2.84. The van der Waals surface area contributed by atoms with Crippen LogP contribution >= 0.6 is 0 Å². The van der Waals surface area contributed by atoms with Gasteiger partial charge in [0.25, 0.3) is 0 Å². The van der Waals surface area contributed by atoms with Crippen molar-refractivity contribution in [3.05, 3.63) is 47.7 Å². The zero-order valence-corrected chi connectivity index (χ0v) is 9.25. The fourth-order valence-corrected chi connectivity index (χ4v) is 1.89. The first-order valence-corrected chi connectivity index (χ1v) is 5.28. The first-order chi connectivity index (χ1) is 7.26. The molecular weight excluding hydrogens is 182 g/mol. The molecule has 1 nitrogen and oxygen atoms in total. The molecule has 0 fully saturated rings. The fourth-order valence-electron chi connectivity index (χ4n) is 1.89. The van der Waals surface area contributed by atoms with Crippen LogP contribution in [0.3, 0.4) is 0 Å². The maximum Gasteiger partial charge on any atom is 0.0777 e. The number of benzene rings is 1. The van der Waals surface area contributed by atoms with Crippen LogP contribution in [0.4, 0.5) is 0 Å². The third-order valence-corrected chi connectivity index (χ3v) is 2.73. The monoisotopic (exact) mass is 197 g/mol. The Morgan fingerprint density at radius 1 is 1.40 bits per heavy atom. The third-order valence-electron chi connectivity index (χ3n) is 2.73. The highest BCUT2D eigenvalue weighted by Crippen LogP contribution is 2.20. The van der Waals surface area contributed by atoms with E-state index in [1.165, 1.54) is 16.6 Å². The van der Waals surface area contributed by atoms with Crippen LogP contribution in [0.5, 0.6) is 0 Å². The van der Waals surface area contributed by atoms with E-state index in [0.29, 0.717) is 0 Å². The molecule has 1 heteroatoms. The maximum absolute atomic E-state index is 4.69. The molecule has 0 spiro atoms. The van der Waals surface area contributed by atoms with Crippen LogP contribution in [0, 0.1) is 6.92 Å². The van der Waals surface area contributed by atoms with Crippen LogP contribution < -0.4 is 0 Å². The SMILES string of the molecule is C=Cc1cccc2cc(C)c(CC)nc12. The molecule has 0 aliphatic rings. The van der Waals surface area contributed by atoms with E-state index in [1.54, 1.807) is 0 Å². The van der Waals surface area contributed by atoms with E-state index in [1.807, 2.05) is 12.1 Å². The summed E-state index contributed by atoms with van der Waals surface area (Å²) in [6, 6.07) is 8.40. The molecule has 1 aromatic carbocycles. The Morgan fingerprint density at radius 2 is 2.20 bits per heavy atom. The third kappa shape index (κ3) is 1.65. The van der Waals surface area contributed by atoms with Gasteiger partial charge in [-0.1, -0.05) is 37.8 Å². The standard InChI is InChI=1S/C14H15N/c1-4-11-7-6-8-12-9-10(3)13(5-2)15-14(11)12/h4,6-9H,1,5H2,2-3H3. The Balaban J connectivity index is 2.81. The summed E-state index contributed by atoms with van der Waals surface area (Å²) >= 11 is 0. The second-order valence-corrected chi connectivity index (χ2v) is 3.73. The van der Waals surface area contributed by atoms with Gasteiger partial charge < -0.3 is 0 Å². The quantitative estimate of drug-likeness (QED) is 0.714. The van der Waals surface area contributed by atoms with E-state index in [0.717, 1.165) is 17.5 Å². The molecular formula is C14H15N. The lowest BCUT2D eigenvalue weighted by atomic mass is 10.1. The number of hydrogen-bond donors (Lipinski definition) is 0. The number of rotatable bonds is 2. The van der Waals surface area contributed by atoms with Gasteiger partial charge in [0.15, 0.2) is 0 Å². The van der Waals surface area contributed by atoms with Crippen LogP contribution in [-0.4, -0.2) is 4.98 Å². The molecule has 0 saturated carbocycles. The topological polar surface area (TPSA) is 12.9 Å². The molecule has 0 radical (unpaired) electrons. The number of aryl methyl sites for hydroxylation is 2. The average Bonchev–Trinajstić information content (AvgIpc) is 2.27. The van der Waals surface area contributed by atoms with Crippen LogP contribution in [-0.2, 0) is 6.42 Å². The molecule has 0 unspecified atom stereocenters. The van der Waals surface area contributed by atoms with Crippen LogP contribution in [0.15, 0.2) is 30.8 Å². The van der Waals surface area contributed by atoms with Crippen molar-refractivity contribution in [2.45, 2.75) is 20.3 Å². The first kappa shape index (κ1) is 9.91. The fraction of sp³-hybridized carbons (Fsp3) is 0.214. The molecule has 0 N–H and O–H groups in total. The highest BCUT2D eigenvalue weighted by atomic mass is 14.7. The van der Waals surface area contributed by atoms with E-state index >= 15 is 0 Å². The number of para-hydroxylation sites is 1. The second kappa shape index (κ2) is 3.85. The largest absolute Gasteiger partial charge is 0.252 e. The normalized spacial score (nSPS) is 10.5. The predicted octanol–water partition coefficient (Wildman–Crippen LogP) is 3.75. The average molecular weight is 197 g/mol. The van der Waals surface area contributed by atoms with Gasteiger partial charge in [-0.05, 0) is 25.0 Å². The van der Waals surface area contributed by atoms with Crippen molar-refractivity contribution in [1.82, 2.24) is 4.98 Å². The van der Waals surface area contributed by atoms with E-state index in [9.17, 15) is 0 Å². The highest BCUT2D eigenvalue weighted by molar-refractivity contribution is 5.87. The Kier molecular flexibility index (Phi) is 2.55. The van der Waals surface area contributed by atoms with Gasteiger partial charge in [-0.3, -0.25) is 4.98 Å². The molecule has 0 aliphatic heterocycles. The lowest BCUT2D eigenvalue weighted by Gasteiger charge is -2.07. The first-order valence-electron chi connectivity index (χ1n) is 5.28. The number of hydrogen-bond acceptors (Lipinski definition) is 1. The molecule has 0 aliphatic carbocycles. The predicted molar refractivity (Wildman–Crippen MR) is 65.9 cm³/mol. The molecule has 1 aromatic heterocycles. The molecule has 2 aromatic rings. The summed E-state index contributed by atoms with van der Waals surface area (Å²) < 4.78 is 0. The summed E-state index contributed by atoms with van der Waals surface area (Å²) in [4.78, 5) is 4.69. The summed E-state index contributed by atoms with van der Waals surface area (Å²) in [5, 5.41) is 1.20. The minimum Gasteiger partial charge on any atom is -0.252 e. The number of pyridine rings is 1. The van der Waals surface area contributed by atoms with Crippen molar-refractivity contribution in [1.29, 1.82) is 0 Å². The molecule has 0 atom stereocenters. The number of aromatic nitrogens is 1. The molecule has 1 heterocycles. The van der Waals surface area contributed by atoms with Crippen molar-refractivity contribution in [3.8, 4) is 0 Å². The van der Waals surface area contributed by atoms with Gasteiger partial charge in [0.2, 0.25) is 0 Å². The second-order valence-electron chi connectivity index (χ2n) is 3.73. The lowest BCUT2D eigenvalue weighted by Crippen LogP contribution is -1.94. The van der Waals surface area contributed by atoms with Crippen molar-refractivity contribution < 1.29 is 0 Å². The molecule has 76 valence electrons. The van der Waals surface area contributed by atoms with Crippen molar-refractivity contribution in [2.75, 3.05) is 0 Å². The van der Waals surface area contributed by atoms with E-state index in [4.69, 9.17) is 4.98 Å². The van der Waals surface area contributed by atoms with Crippen molar-refractivity contribution >= 4 is 17.0 Å². The van der Waals surface area contributed by atoms with Gasteiger partial charge in [0.1, 0.15) is 0 Å². The van der Waals surface area contributed by atoms with Crippen LogP contribution in [0.2, 0.25) is 0 Å². The molecule has 0 saturated heterocycles. The van der Waals surface area contributed by atoms with E-state index < -0.39 is 0 Å². The Bertz CT molecular complexity index is 512. The van der Waals surface area contributed by atoms with Gasteiger partial charge in [-0.25, -0.2) is 0 Å². The van der Waals surface area contributed by atoms with Crippen LogP contribution in [0.25, 0.3) is 17.0 Å². The summed E-state index contributed by atoms with van der Waals surface area (Å²) in [6.45, 7) is 8.07. The summed E-state index contributed by atoms with van der Waals surface area (Å²) in [5.41, 5.74) is 4.63. The zero-order valence-electron chi connectivity index (χ0n) is 9.25. The number of nitrogens with zero attached hydrogens (tertiary/aromatic N) is 1. The van der Waals surface area contributed by atoms with E-state index in [2.05, 4.69) is 38.6 Å². The van der Waals surface area contributed by atoms with Gasteiger partial charge in [-0.2, -0.15) is 0 Å². The Labute approximate surface area is 90.5 Å². The van der Waals surface area contributed by atoms with E-state index in [-0.39, 0.29) is 0 Å². The molecule has 0 amide bonds.